The van der Waals surface area contributed by atoms with Gasteiger partial charge in [-0.05, 0) is 95.1 Å². The number of unbranched alkanes of at least 4 members (excludes halogenated alkanes) is 24. The van der Waals surface area contributed by atoms with E-state index in [0.29, 0.717) is 31.7 Å². The highest BCUT2D eigenvalue weighted by atomic mass is 16.5. The van der Waals surface area contributed by atoms with Crippen LogP contribution >= 0.6 is 0 Å². The fourth-order valence-electron chi connectivity index (χ4n) is 7.78. The number of aliphatic hydroxyl groups is 1. The molecule has 0 aliphatic carbocycles. The predicted molar refractivity (Wildman–Crippen MR) is 261 cm³/mol. The van der Waals surface area contributed by atoms with Crippen LogP contribution in [0.15, 0.2) is 24.3 Å². The third kappa shape index (κ3) is 41.5. The minimum Gasteiger partial charge on any atom is -0.478 e. The zero-order valence-electron chi connectivity index (χ0n) is 41.0. The maximum Gasteiger partial charge on any atom is 0.335 e. The van der Waals surface area contributed by atoms with Crippen molar-refractivity contribution in [2.24, 2.45) is 0 Å². The van der Waals surface area contributed by atoms with Crippen LogP contribution in [0.3, 0.4) is 0 Å². The second-order valence-electron chi connectivity index (χ2n) is 17.7. The topological polar surface area (TPSA) is 142 Å². The number of carboxylic acid groups (broad SMARTS) is 1. The van der Waals surface area contributed by atoms with Crippen LogP contribution < -0.4 is 5.32 Å². The molecule has 1 rings (SSSR count). The summed E-state index contributed by atoms with van der Waals surface area (Å²) in [5.74, 6) is -1.20. The van der Waals surface area contributed by atoms with E-state index in [4.69, 9.17) is 14.6 Å². The monoisotopic (exact) mass is 889 g/mol. The summed E-state index contributed by atoms with van der Waals surface area (Å²) >= 11 is 0. The summed E-state index contributed by atoms with van der Waals surface area (Å²) in [6.45, 7) is 11.6. The number of nitrogens with zero attached hydrogens (tertiary/aromatic N) is 1. The van der Waals surface area contributed by atoms with E-state index in [0.717, 1.165) is 90.1 Å². The Morgan fingerprint density at radius 3 is 1.41 bits per heavy atom. The molecular weight excluding hydrogens is 793 g/mol. The number of hydrogen-bond donors (Lipinski definition) is 3. The Bertz CT molecular complexity index is 1190. The van der Waals surface area contributed by atoms with Gasteiger partial charge in [-0.15, -0.1) is 0 Å². The predicted octanol–water partition coefficient (Wildman–Crippen LogP) is 14.0. The highest BCUT2D eigenvalue weighted by Gasteiger charge is 2.14. The normalized spacial score (nSPS) is 11.1. The van der Waals surface area contributed by atoms with Crippen LogP contribution in [-0.2, 0) is 23.9 Å². The molecule has 0 saturated carbocycles. The standard InChI is InChI=1S/C44H87NO5.C9H9NO3/c1-4-7-10-13-16-17-18-24-32-41-49-43(47)35-29-25-31-38-45(39-40-46)37-30-23-19-22-28-36-44(48)50-42(33-26-20-14-11-8-5-2)34-27-21-15-12-9-6-3;1-6(11)10-8-4-2-7(3-5-8)9(12)13/h42,46H,4-41H2,1-3H3;2-5H,1H3,(H,10,11)(H,12,13). The van der Waals surface area contributed by atoms with Crippen molar-refractivity contribution >= 4 is 29.5 Å². The summed E-state index contributed by atoms with van der Waals surface area (Å²) in [7, 11) is 0. The van der Waals surface area contributed by atoms with E-state index in [1.807, 2.05) is 0 Å². The first-order chi connectivity index (χ1) is 30.7. The molecular formula is C53H96N2O8. The maximum absolute atomic E-state index is 12.7. The number of carbonyl (C=O) groups excluding carboxylic acids is 3. The summed E-state index contributed by atoms with van der Waals surface area (Å²) in [5.41, 5.74) is 0.798. The molecule has 1 aromatic rings. The van der Waals surface area contributed by atoms with E-state index in [1.54, 1.807) is 12.1 Å². The van der Waals surface area contributed by atoms with Gasteiger partial charge in [0.2, 0.25) is 5.91 Å². The number of nitrogens with one attached hydrogen (secondary N) is 1. The van der Waals surface area contributed by atoms with E-state index < -0.39 is 5.97 Å². The lowest BCUT2D eigenvalue weighted by Crippen LogP contribution is -2.29. The first-order valence-corrected chi connectivity index (χ1v) is 26.0. The molecule has 0 aliphatic heterocycles. The second kappa shape index (κ2) is 45.6. The summed E-state index contributed by atoms with van der Waals surface area (Å²) in [6.07, 6.45) is 38.4. The third-order valence-corrected chi connectivity index (χ3v) is 11.6. The number of ether oxygens (including phenoxy) is 2. The largest absolute Gasteiger partial charge is 0.478 e. The molecule has 0 heterocycles. The minimum atomic E-state index is -0.977. The van der Waals surface area contributed by atoms with Crippen LogP contribution in [0.5, 0.6) is 0 Å². The molecule has 0 atom stereocenters. The van der Waals surface area contributed by atoms with E-state index >= 15 is 0 Å². The molecule has 3 N–H and O–H groups in total. The SMILES string of the molecule is CC(=O)Nc1ccc(C(=O)O)cc1.CCCCCCCCCCCOC(=O)CCCCCN(CCO)CCCCCCCC(=O)OC(CCCCCCCC)CCCCCCCC. The molecule has 1 aromatic carbocycles. The molecule has 366 valence electrons. The lowest BCUT2D eigenvalue weighted by molar-refractivity contribution is -0.150. The number of carboxylic acids is 1. The first kappa shape index (κ1) is 60.0. The van der Waals surface area contributed by atoms with Gasteiger partial charge >= 0.3 is 17.9 Å². The van der Waals surface area contributed by atoms with Gasteiger partial charge in [-0.3, -0.25) is 14.4 Å². The van der Waals surface area contributed by atoms with Gasteiger partial charge in [-0.1, -0.05) is 162 Å². The van der Waals surface area contributed by atoms with Gasteiger partial charge in [-0.25, -0.2) is 4.79 Å². The van der Waals surface area contributed by atoms with Crippen LogP contribution in [0, 0.1) is 0 Å². The molecule has 0 spiro atoms. The Hall–Kier alpha value is -2.98. The Labute approximate surface area is 385 Å². The lowest BCUT2D eigenvalue weighted by Gasteiger charge is -2.21. The Kier molecular flexibility index (Phi) is 43.4. The Morgan fingerprint density at radius 1 is 0.540 bits per heavy atom. The van der Waals surface area contributed by atoms with Crippen molar-refractivity contribution in [1.82, 2.24) is 4.90 Å². The third-order valence-electron chi connectivity index (χ3n) is 11.6. The second-order valence-corrected chi connectivity index (χ2v) is 17.7. The fourth-order valence-corrected chi connectivity index (χ4v) is 7.78. The lowest BCUT2D eigenvalue weighted by atomic mass is 10.0. The zero-order chi connectivity index (χ0) is 46.4. The molecule has 0 fully saturated rings. The fraction of sp³-hybridized carbons (Fsp3) is 0.811. The van der Waals surface area contributed by atoms with Gasteiger partial charge in [0.25, 0.3) is 0 Å². The quantitative estimate of drug-likeness (QED) is 0.0431. The average molecular weight is 889 g/mol. The molecule has 0 unspecified atom stereocenters. The van der Waals surface area contributed by atoms with E-state index in [1.165, 1.54) is 141 Å². The van der Waals surface area contributed by atoms with Gasteiger partial charge in [0, 0.05) is 32.0 Å². The Morgan fingerprint density at radius 2 is 0.952 bits per heavy atom. The van der Waals surface area contributed by atoms with Crippen molar-refractivity contribution in [2.45, 2.75) is 246 Å². The van der Waals surface area contributed by atoms with Gasteiger partial charge in [0.05, 0.1) is 18.8 Å². The smallest absolute Gasteiger partial charge is 0.335 e. The van der Waals surface area contributed by atoms with Crippen LogP contribution in [-0.4, -0.2) is 77.9 Å². The van der Waals surface area contributed by atoms with Crippen molar-refractivity contribution in [3.8, 4) is 0 Å². The first-order valence-electron chi connectivity index (χ1n) is 26.0. The summed E-state index contributed by atoms with van der Waals surface area (Å²) in [5, 5.41) is 20.6. The molecule has 0 bridgehead atoms. The van der Waals surface area contributed by atoms with Crippen molar-refractivity contribution in [2.75, 3.05) is 38.2 Å². The van der Waals surface area contributed by atoms with E-state index in [2.05, 4.69) is 31.0 Å². The minimum absolute atomic E-state index is 0.00755. The van der Waals surface area contributed by atoms with E-state index in [9.17, 15) is 24.3 Å². The van der Waals surface area contributed by atoms with Crippen LogP contribution in [0.4, 0.5) is 5.69 Å². The van der Waals surface area contributed by atoms with Gasteiger partial charge in [-0.2, -0.15) is 0 Å². The number of aromatic carboxylic acids is 1. The van der Waals surface area contributed by atoms with Gasteiger partial charge in [0.1, 0.15) is 6.10 Å². The number of rotatable bonds is 43. The number of hydrogen-bond acceptors (Lipinski definition) is 8. The molecule has 0 radical (unpaired) electrons. The van der Waals surface area contributed by atoms with Gasteiger partial charge < -0.3 is 29.9 Å². The van der Waals surface area contributed by atoms with Crippen molar-refractivity contribution in [3.63, 3.8) is 0 Å². The average Bonchev–Trinajstić information content (AvgIpc) is 3.26. The summed E-state index contributed by atoms with van der Waals surface area (Å²) in [4.78, 5) is 48.2. The maximum atomic E-state index is 12.7. The summed E-state index contributed by atoms with van der Waals surface area (Å²) in [6, 6.07) is 5.97. The van der Waals surface area contributed by atoms with Crippen LogP contribution in [0.1, 0.15) is 250 Å². The number of esters is 2. The van der Waals surface area contributed by atoms with Gasteiger partial charge in [0.15, 0.2) is 0 Å². The molecule has 10 nitrogen and oxygen atoms in total. The van der Waals surface area contributed by atoms with Crippen molar-refractivity contribution in [3.05, 3.63) is 29.8 Å². The van der Waals surface area contributed by atoms with E-state index in [-0.39, 0.29) is 36.1 Å². The molecule has 63 heavy (non-hydrogen) atoms. The molecule has 0 aromatic heterocycles. The highest BCUT2D eigenvalue weighted by molar-refractivity contribution is 5.91. The number of anilines is 1. The van der Waals surface area contributed by atoms with Crippen LogP contribution in [0.25, 0.3) is 0 Å². The van der Waals surface area contributed by atoms with Crippen molar-refractivity contribution in [1.29, 1.82) is 0 Å². The van der Waals surface area contributed by atoms with Crippen molar-refractivity contribution < 1.29 is 38.9 Å². The molecule has 10 heteroatoms. The molecule has 1 amide bonds. The Balaban J connectivity index is 0.00000250. The molecule has 0 saturated heterocycles. The van der Waals surface area contributed by atoms with Crippen LogP contribution in [0.2, 0.25) is 0 Å². The summed E-state index contributed by atoms with van der Waals surface area (Å²) < 4.78 is 11.4. The number of amides is 1. The number of carbonyl (C=O) groups is 4. The number of benzene rings is 1. The molecule has 0 aliphatic rings. The zero-order valence-corrected chi connectivity index (χ0v) is 41.0. The highest BCUT2D eigenvalue weighted by Crippen LogP contribution is 2.19. The number of aliphatic hydroxyl groups excluding tert-OH is 1.